The second kappa shape index (κ2) is 6.04. The van der Waals surface area contributed by atoms with Gasteiger partial charge in [0.2, 0.25) is 0 Å². The minimum atomic E-state index is -1.39. The molecule has 1 amide bonds. The first kappa shape index (κ1) is 14.5. The van der Waals surface area contributed by atoms with E-state index in [-0.39, 0.29) is 6.54 Å². The second-order valence-corrected chi connectivity index (χ2v) is 4.04. The van der Waals surface area contributed by atoms with Crippen molar-refractivity contribution in [3.63, 3.8) is 0 Å². The highest BCUT2D eigenvalue weighted by atomic mass is 19.2. The van der Waals surface area contributed by atoms with E-state index in [0.717, 1.165) is 0 Å². The van der Waals surface area contributed by atoms with E-state index in [0.29, 0.717) is 17.8 Å². The Bertz CT molecular complexity index is 693. The van der Waals surface area contributed by atoms with Gasteiger partial charge in [-0.05, 0) is 18.2 Å². The van der Waals surface area contributed by atoms with Crippen LogP contribution in [0.2, 0.25) is 0 Å². The van der Waals surface area contributed by atoms with Crippen molar-refractivity contribution in [3.05, 3.63) is 69.5 Å². The molecule has 2 rings (SSSR count). The number of nitrogens with one attached hydrogen (secondary N) is 1. The maximum atomic E-state index is 13.2. The van der Waals surface area contributed by atoms with Crippen LogP contribution in [0.15, 0.2) is 36.5 Å². The topological polar surface area (TPSA) is 85.1 Å². The number of amides is 1. The summed E-state index contributed by atoms with van der Waals surface area (Å²) in [6, 6.07) is 5.91. The molecule has 0 atom stereocenters. The third-order valence-electron chi connectivity index (χ3n) is 2.64. The van der Waals surface area contributed by atoms with Gasteiger partial charge in [-0.1, -0.05) is 6.07 Å². The van der Waals surface area contributed by atoms with Crippen LogP contribution in [-0.4, -0.2) is 15.8 Å². The van der Waals surface area contributed by atoms with E-state index in [1.165, 1.54) is 6.20 Å². The number of aromatic nitrogens is 1. The summed E-state index contributed by atoms with van der Waals surface area (Å²) >= 11 is 0. The van der Waals surface area contributed by atoms with Crippen molar-refractivity contribution in [2.45, 2.75) is 6.54 Å². The maximum absolute atomic E-state index is 13.2. The van der Waals surface area contributed by atoms with Gasteiger partial charge in [0, 0.05) is 6.20 Å². The van der Waals surface area contributed by atoms with Crippen LogP contribution >= 0.6 is 0 Å². The van der Waals surface area contributed by atoms with Crippen LogP contribution in [0.1, 0.15) is 16.1 Å². The number of carbonyl (C=O) groups is 1. The number of nitro benzene ring substituents is 1. The minimum Gasteiger partial charge on any atom is -0.346 e. The van der Waals surface area contributed by atoms with Crippen molar-refractivity contribution in [1.82, 2.24) is 10.3 Å². The van der Waals surface area contributed by atoms with Crippen LogP contribution in [0, 0.1) is 21.7 Å². The molecule has 0 unspecified atom stereocenters. The first-order valence-corrected chi connectivity index (χ1v) is 5.80. The van der Waals surface area contributed by atoms with E-state index in [1.807, 2.05) is 0 Å². The van der Waals surface area contributed by atoms with E-state index >= 15 is 0 Å². The molecule has 1 aromatic carbocycles. The van der Waals surface area contributed by atoms with Gasteiger partial charge in [-0.2, -0.15) is 0 Å². The normalized spacial score (nSPS) is 10.2. The highest BCUT2D eigenvalue weighted by molar-refractivity contribution is 5.98. The molecule has 108 valence electrons. The SMILES string of the molecule is O=C(NCc1ccccn1)c1cc(F)c(F)cc1[N+](=O)[O-]. The molecule has 0 aliphatic carbocycles. The van der Waals surface area contributed by atoms with Gasteiger partial charge >= 0.3 is 0 Å². The summed E-state index contributed by atoms with van der Waals surface area (Å²) in [6.07, 6.45) is 1.52. The molecule has 0 saturated carbocycles. The number of benzene rings is 1. The molecule has 1 aromatic heterocycles. The van der Waals surface area contributed by atoms with Gasteiger partial charge in [0.15, 0.2) is 11.6 Å². The molecule has 2 aromatic rings. The second-order valence-electron chi connectivity index (χ2n) is 4.04. The van der Waals surface area contributed by atoms with Crippen LogP contribution in [0.25, 0.3) is 0 Å². The van der Waals surface area contributed by atoms with E-state index in [4.69, 9.17) is 0 Å². The Balaban J connectivity index is 2.22. The third kappa shape index (κ3) is 3.35. The van der Waals surface area contributed by atoms with Gasteiger partial charge < -0.3 is 5.32 Å². The molecular weight excluding hydrogens is 284 g/mol. The lowest BCUT2D eigenvalue weighted by Gasteiger charge is -2.06. The number of nitro groups is 1. The summed E-state index contributed by atoms with van der Waals surface area (Å²) in [5.41, 5.74) is -0.821. The van der Waals surface area contributed by atoms with Crippen molar-refractivity contribution in [1.29, 1.82) is 0 Å². The Morgan fingerprint density at radius 2 is 2.00 bits per heavy atom. The first-order chi connectivity index (χ1) is 9.99. The number of hydrogen-bond acceptors (Lipinski definition) is 4. The smallest absolute Gasteiger partial charge is 0.285 e. The van der Waals surface area contributed by atoms with Crippen LogP contribution < -0.4 is 5.32 Å². The number of nitrogens with zero attached hydrogens (tertiary/aromatic N) is 2. The lowest BCUT2D eigenvalue weighted by atomic mass is 10.1. The number of pyridine rings is 1. The first-order valence-electron chi connectivity index (χ1n) is 5.80. The van der Waals surface area contributed by atoms with Gasteiger partial charge in [0.25, 0.3) is 11.6 Å². The van der Waals surface area contributed by atoms with Crippen LogP contribution in [0.3, 0.4) is 0 Å². The predicted molar refractivity (Wildman–Crippen MR) is 68.4 cm³/mol. The van der Waals surface area contributed by atoms with Gasteiger partial charge in [-0.3, -0.25) is 19.9 Å². The molecule has 21 heavy (non-hydrogen) atoms. The van der Waals surface area contributed by atoms with E-state index in [9.17, 15) is 23.7 Å². The molecular formula is C13H9F2N3O3. The van der Waals surface area contributed by atoms with Crippen molar-refractivity contribution in [2.75, 3.05) is 0 Å². The molecule has 8 heteroatoms. The number of halogens is 2. The molecule has 6 nitrogen and oxygen atoms in total. The summed E-state index contributed by atoms with van der Waals surface area (Å²) in [7, 11) is 0. The van der Waals surface area contributed by atoms with Gasteiger partial charge in [0.05, 0.1) is 23.2 Å². The molecule has 0 aliphatic rings. The lowest BCUT2D eigenvalue weighted by Crippen LogP contribution is -2.24. The monoisotopic (exact) mass is 293 g/mol. The largest absolute Gasteiger partial charge is 0.346 e. The standard InChI is InChI=1S/C13H9F2N3O3/c14-10-5-9(12(18(20)21)6-11(10)15)13(19)17-7-8-3-1-2-4-16-8/h1-6H,7H2,(H,17,19). The molecule has 1 N–H and O–H groups in total. The van der Waals surface area contributed by atoms with Crippen molar-refractivity contribution in [3.8, 4) is 0 Å². The average molecular weight is 293 g/mol. The summed E-state index contributed by atoms with van der Waals surface area (Å²) in [6.45, 7) is 0.00975. The van der Waals surface area contributed by atoms with Crippen LogP contribution in [-0.2, 0) is 6.54 Å². The zero-order valence-electron chi connectivity index (χ0n) is 10.5. The van der Waals surface area contributed by atoms with Crippen LogP contribution in [0.4, 0.5) is 14.5 Å². The fourth-order valence-electron chi connectivity index (χ4n) is 1.64. The van der Waals surface area contributed by atoms with Crippen molar-refractivity contribution < 1.29 is 18.5 Å². The minimum absolute atomic E-state index is 0.00975. The quantitative estimate of drug-likeness (QED) is 0.691. The van der Waals surface area contributed by atoms with Gasteiger partial charge in [-0.25, -0.2) is 8.78 Å². The van der Waals surface area contributed by atoms with E-state index in [2.05, 4.69) is 10.3 Å². The predicted octanol–water partition coefficient (Wildman–Crippen LogP) is 2.20. The van der Waals surface area contributed by atoms with Gasteiger partial charge in [-0.15, -0.1) is 0 Å². The summed E-state index contributed by atoms with van der Waals surface area (Å²) in [5.74, 6) is -3.60. The third-order valence-corrected chi connectivity index (χ3v) is 2.64. The Hall–Kier alpha value is -2.90. The fourth-order valence-corrected chi connectivity index (χ4v) is 1.64. The number of rotatable bonds is 4. The lowest BCUT2D eigenvalue weighted by molar-refractivity contribution is -0.385. The van der Waals surface area contributed by atoms with Gasteiger partial charge in [0.1, 0.15) is 5.56 Å². The van der Waals surface area contributed by atoms with E-state index < -0.39 is 33.7 Å². The van der Waals surface area contributed by atoms with Crippen molar-refractivity contribution >= 4 is 11.6 Å². The Kier molecular flexibility index (Phi) is 4.17. The zero-order valence-corrected chi connectivity index (χ0v) is 10.5. The highest BCUT2D eigenvalue weighted by Crippen LogP contribution is 2.22. The molecule has 0 radical (unpaired) electrons. The fraction of sp³-hybridized carbons (Fsp3) is 0.0769. The Labute approximate surface area is 117 Å². The maximum Gasteiger partial charge on any atom is 0.285 e. The van der Waals surface area contributed by atoms with Crippen molar-refractivity contribution in [2.24, 2.45) is 0 Å². The number of carbonyl (C=O) groups excluding carboxylic acids is 1. The molecule has 0 saturated heterocycles. The average Bonchev–Trinajstić information content (AvgIpc) is 2.48. The zero-order chi connectivity index (χ0) is 15.4. The molecule has 0 bridgehead atoms. The van der Waals surface area contributed by atoms with Crippen LogP contribution in [0.5, 0.6) is 0 Å². The summed E-state index contributed by atoms with van der Waals surface area (Å²) < 4.78 is 26.2. The molecule has 1 heterocycles. The Morgan fingerprint density at radius 3 is 2.62 bits per heavy atom. The summed E-state index contributed by atoms with van der Waals surface area (Å²) in [5, 5.41) is 13.2. The van der Waals surface area contributed by atoms with E-state index in [1.54, 1.807) is 18.2 Å². The highest BCUT2D eigenvalue weighted by Gasteiger charge is 2.23. The molecule has 0 fully saturated rings. The number of hydrogen-bond donors (Lipinski definition) is 1. The molecule has 0 aliphatic heterocycles. The summed E-state index contributed by atoms with van der Waals surface area (Å²) in [4.78, 5) is 25.7. The Morgan fingerprint density at radius 1 is 1.29 bits per heavy atom. The molecule has 0 spiro atoms.